The van der Waals surface area contributed by atoms with Gasteiger partial charge in [-0.2, -0.15) is 0 Å². The molecule has 0 unspecified atom stereocenters. The Kier molecular flexibility index (Phi) is 5.90. The van der Waals surface area contributed by atoms with Crippen LogP contribution in [0.5, 0.6) is 5.88 Å². The molecule has 2 aliphatic carbocycles. The van der Waals surface area contributed by atoms with Crippen molar-refractivity contribution in [2.75, 3.05) is 13.2 Å². The standard InChI is InChI=1S/C22H30N2O7/c1-12-15-10-22(18(25)26,19(27)28)11-16(15)13(2)23-17(12)30-9-8-24(14-6-7-14)20(29)31-21(3,4)5/h14H,6-11H2,1-5H3,(H,25,26)(H,27,28). The van der Waals surface area contributed by atoms with Gasteiger partial charge in [0.05, 0.1) is 6.54 Å². The second-order valence-corrected chi connectivity index (χ2v) is 9.38. The Morgan fingerprint density at radius 1 is 1.10 bits per heavy atom. The van der Waals surface area contributed by atoms with Gasteiger partial charge in [-0.15, -0.1) is 0 Å². The number of hydrogen-bond donors (Lipinski definition) is 2. The minimum Gasteiger partial charge on any atom is -0.480 e. The van der Waals surface area contributed by atoms with E-state index in [1.54, 1.807) is 18.7 Å². The van der Waals surface area contributed by atoms with Crippen LogP contribution in [0, 0.1) is 19.3 Å². The Labute approximate surface area is 181 Å². The first kappa shape index (κ1) is 22.8. The summed E-state index contributed by atoms with van der Waals surface area (Å²) in [6.45, 7) is 9.48. The Balaban J connectivity index is 1.73. The van der Waals surface area contributed by atoms with Crippen molar-refractivity contribution >= 4 is 18.0 Å². The summed E-state index contributed by atoms with van der Waals surface area (Å²) < 4.78 is 11.3. The Morgan fingerprint density at radius 3 is 2.19 bits per heavy atom. The van der Waals surface area contributed by atoms with Gasteiger partial charge in [0.1, 0.15) is 12.2 Å². The second kappa shape index (κ2) is 8.01. The minimum absolute atomic E-state index is 0.0962. The van der Waals surface area contributed by atoms with Crippen molar-refractivity contribution < 1.29 is 34.1 Å². The lowest BCUT2D eigenvalue weighted by molar-refractivity contribution is -0.163. The zero-order valence-electron chi connectivity index (χ0n) is 18.7. The molecule has 0 atom stereocenters. The lowest BCUT2D eigenvalue weighted by Crippen LogP contribution is -2.40. The SMILES string of the molecule is Cc1nc(OCCN(C(=O)OC(C)(C)C)C2CC2)c(C)c2c1CC(C(=O)O)(C(=O)O)C2. The molecule has 3 rings (SSSR count). The Morgan fingerprint density at radius 2 is 1.68 bits per heavy atom. The molecule has 1 fully saturated rings. The van der Waals surface area contributed by atoms with E-state index in [0.717, 1.165) is 12.8 Å². The van der Waals surface area contributed by atoms with Gasteiger partial charge in [0, 0.05) is 30.1 Å². The summed E-state index contributed by atoms with van der Waals surface area (Å²) in [6, 6.07) is 0.154. The van der Waals surface area contributed by atoms with E-state index in [1.807, 2.05) is 20.8 Å². The number of pyridine rings is 1. The number of amides is 1. The molecule has 170 valence electrons. The van der Waals surface area contributed by atoms with Crippen molar-refractivity contribution in [2.24, 2.45) is 5.41 Å². The topological polar surface area (TPSA) is 126 Å². The van der Waals surface area contributed by atoms with Crippen LogP contribution in [0.15, 0.2) is 0 Å². The number of carbonyl (C=O) groups is 3. The summed E-state index contributed by atoms with van der Waals surface area (Å²) >= 11 is 0. The van der Waals surface area contributed by atoms with Crippen molar-refractivity contribution in [3.05, 3.63) is 22.4 Å². The zero-order valence-corrected chi connectivity index (χ0v) is 18.7. The van der Waals surface area contributed by atoms with Crippen LogP contribution in [0.1, 0.15) is 56.0 Å². The number of carbonyl (C=O) groups excluding carboxylic acids is 1. The predicted octanol–water partition coefficient (Wildman–Crippen LogP) is 2.73. The lowest BCUT2D eigenvalue weighted by Gasteiger charge is -2.27. The van der Waals surface area contributed by atoms with Gasteiger partial charge in [0.25, 0.3) is 0 Å². The van der Waals surface area contributed by atoms with Gasteiger partial charge in [-0.05, 0) is 58.6 Å². The highest BCUT2D eigenvalue weighted by atomic mass is 16.6. The molecule has 0 radical (unpaired) electrons. The van der Waals surface area contributed by atoms with Gasteiger partial charge in [0.2, 0.25) is 5.88 Å². The van der Waals surface area contributed by atoms with Crippen molar-refractivity contribution in [1.82, 2.24) is 9.88 Å². The first-order valence-electron chi connectivity index (χ1n) is 10.4. The summed E-state index contributed by atoms with van der Waals surface area (Å²) in [5.74, 6) is -2.37. The monoisotopic (exact) mass is 434 g/mol. The second-order valence-electron chi connectivity index (χ2n) is 9.38. The van der Waals surface area contributed by atoms with Crippen LogP contribution in [0.2, 0.25) is 0 Å². The van der Waals surface area contributed by atoms with Gasteiger partial charge in [-0.1, -0.05) is 0 Å². The number of carboxylic acid groups (broad SMARTS) is 2. The summed E-state index contributed by atoms with van der Waals surface area (Å²) in [7, 11) is 0. The average molecular weight is 434 g/mol. The van der Waals surface area contributed by atoms with Crippen molar-refractivity contribution in [3.63, 3.8) is 0 Å². The fourth-order valence-corrected chi connectivity index (χ4v) is 3.92. The molecule has 1 amide bonds. The quantitative estimate of drug-likeness (QED) is 0.627. The Hall–Kier alpha value is -2.84. The fraction of sp³-hybridized carbons (Fsp3) is 0.636. The fourth-order valence-electron chi connectivity index (χ4n) is 3.92. The van der Waals surface area contributed by atoms with Crippen LogP contribution in [-0.4, -0.2) is 62.9 Å². The van der Waals surface area contributed by atoms with Gasteiger partial charge >= 0.3 is 18.0 Å². The maximum atomic E-state index is 12.5. The highest BCUT2D eigenvalue weighted by Crippen LogP contribution is 2.42. The van der Waals surface area contributed by atoms with E-state index in [-0.39, 0.29) is 31.6 Å². The van der Waals surface area contributed by atoms with Crippen molar-refractivity contribution in [1.29, 1.82) is 0 Å². The first-order valence-corrected chi connectivity index (χ1v) is 10.4. The smallest absolute Gasteiger partial charge is 0.410 e. The molecule has 2 N–H and O–H groups in total. The summed E-state index contributed by atoms with van der Waals surface area (Å²) in [5, 5.41) is 19.1. The largest absolute Gasteiger partial charge is 0.480 e. The third-order valence-corrected chi connectivity index (χ3v) is 5.81. The van der Waals surface area contributed by atoms with Crippen LogP contribution < -0.4 is 4.74 Å². The van der Waals surface area contributed by atoms with Crippen LogP contribution in [0.4, 0.5) is 4.79 Å². The molecule has 1 heterocycles. The third kappa shape index (κ3) is 4.60. The van der Waals surface area contributed by atoms with Crippen LogP contribution in [-0.2, 0) is 27.2 Å². The molecule has 9 heteroatoms. The molecule has 0 aliphatic heterocycles. The van der Waals surface area contributed by atoms with Gasteiger partial charge < -0.3 is 24.6 Å². The molecule has 1 aromatic rings. The van der Waals surface area contributed by atoms with Crippen LogP contribution in [0.25, 0.3) is 0 Å². The van der Waals surface area contributed by atoms with Crippen molar-refractivity contribution in [2.45, 2.75) is 71.9 Å². The van der Waals surface area contributed by atoms with Crippen LogP contribution in [0.3, 0.4) is 0 Å². The number of nitrogens with zero attached hydrogens (tertiary/aromatic N) is 2. The van der Waals surface area contributed by atoms with E-state index in [4.69, 9.17) is 9.47 Å². The molecule has 0 spiro atoms. The van der Waals surface area contributed by atoms with E-state index >= 15 is 0 Å². The van der Waals surface area contributed by atoms with Gasteiger partial charge in [-0.25, -0.2) is 9.78 Å². The minimum atomic E-state index is -1.88. The van der Waals surface area contributed by atoms with Gasteiger partial charge in [-0.3, -0.25) is 9.59 Å². The van der Waals surface area contributed by atoms with Gasteiger partial charge in [0.15, 0.2) is 5.41 Å². The van der Waals surface area contributed by atoms with E-state index in [2.05, 4.69) is 4.98 Å². The molecule has 0 aromatic carbocycles. The zero-order chi connectivity index (χ0) is 23.1. The van der Waals surface area contributed by atoms with Crippen molar-refractivity contribution in [3.8, 4) is 5.88 Å². The van der Waals surface area contributed by atoms with E-state index in [1.165, 1.54) is 0 Å². The predicted molar refractivity (Wildman–Crippen MR) is 110 cm³/mol. The maximum Gasteiger partial charge on any atom is 0.410 e. The van der Waals surface area contributed by atoms with E-state index in [0.29, 0.717) is 34.8 Å². The molecule has 2 aliphatic rings. The molecule has 31 heavy (non-hydrogen) atoms. The molecule has 0 saturated heterocycles. The molecular weight excluding hydrogens is 404 g/mol. The summed E-state index contributed by atoms with van der Waals surface area (Å²) in [6.07, 6.45) is 1.29. The summed E-state index contributed by atoms with van der Waals surface area (Å²) in [4.78, 5) is 42.1. The number of aromatic nitrogens is 1. The third-order valence-electron chi connectivity index (χ3n) is 5.81. The van der Waals surface area contributed by atoms with Crippen LogP contribution >= 0.6 is 0 Å². The number of carboxylic acids is 2. The Bertz CT molecular complexity index is 901. The average Bonchev–Trinajstić information content (AvgIpc) is 3.37. The molecule has 0 bridgehead atoms. The highest BCUT2D eigenvalue weighted by molar-refractivity contribution is 6.00. The van der Waals surface area contributed by atoms with E-state index in [9.17, 15) is 24.6 Å². The molecular formula is C22H30N2O7. The number of rotatable bonds is 7. The van der Waals surface area contributed by atoms with E-state index < -0.39 is 23.0 Å². The number of aliphatic carboxylic acids is 2. The molecule has 1 saturated carbocycles. The highest BCUT2D eigenvalue weighted by Gasteiger charge is 2.52. The normalized spacial score (nSPS) is 17.1. The number of ether oxygens (including phenoxy) is 2. The maximum absolute atomic E-state index is 12.5. The summed E-state index contributed by atoms with van der Waals surface area (Å²) in [5.41, 5.74) is 0.0616. The number of hydrogen-bond acceptors (Lipinski definition) is 6. The molecule has 9 nitrogen and oxygen atoms in total. The first-order chi connectivity index (χ1) is 14.4. The number of fused-ring (bicyclic) bond motifs is 1. The molecule has 1 aromatic heterocycles. The lowest BCUT2D eigenvalue weighted by atomic mass is 9.84. The number of aryl methyl sites for hydroxylation is 1.